The monoisotopic (exact) mass is 356 g/mol. The summed E-state index contributed by atoms with van der Waals surface area (Å²) in [5.41, 5.74) is 1.06. The van der Waals surface area contributed by atoms with Crippen LogP contribution in [0.2, 0.25) is 0 Å². The second-order valence-electron chi connectivity index (χ2n) is 6.46. The summed E-state index contributed by atoms with van der Waals surface area (Å²) < 4.78 is 11.4. The van der Waals surface area contributed by atoms with E-state index in [0.717, 1.165) is 17.8 Å². The van der Waals surface area contributed by atoms with Gasteiger partial charge in [-0.3, -0.25) is 9.78 Å². The predicted molar refractivity (Wildman–Crippen MR) is 98.1 cm³/mol. The molecule has 0 spiro atoms. The molecular weight excluding hydrogens is 332 g/mol. The molecule has 1 fully saturated rings. The molecule has 0 bridgehead atoms. The van der Waals surface area contributed by atoms with E-state index in [0.29, 0.717) is 25.6 Å². The van der Waals surface area contributed by atoms with E-state index in [1.165, 1.54) is 0 Å². The van der Waals surface area contributed by atoms with Crippen molar-refractivity contribution in [2.75, 3.05) is 38.7 Å². The van der Waals surface area contributed by atoms with Crippen molar-refractivity contribution in [2.24, 2.45) is 0 Å². The zero-order valence-electron chi connectivity index (χ0n) is 15.2. The van der Waals surface area contributed by atoms with Crippen LogP contribution in [0.3, 0.4) is 0 Å². The number of benzene rings is 1. The summed E-state index contributed by atoms with van der Waals surface area (Å²) in [5.74, 6) is 1.21. The highest BCUT2D eigenvalue weighted by Gasteiger charge is 2.28. The highest BCUT2D eigenvalue weighted by molar-refractivity contribution is 5.77. The fourth-order valence-corrected chi connectivity index (χ4v) is 2.75. The zero-order valence-corrected chi connectivity index (χ0v) is 15.2. The molecule has 0 saturated carbocycles. The maximum Gasteiger partial charge on any atom is 0.248 e. The summed E-state index contributed by atoms with van der Waals surface area (Å²) in [7, 11) is 3.80. The van der Waals surface area contributed by atoms with Gasteiger partial charge in [0.05, 0.1) is 25.5 Å². The summed E-state index contributed by atoms with van der Waals surface area (Å²) in [6, 6.07) is 9.83. The van der Waals surface area contributed by atoms with Crippen LogP contribution in [0.1, 0.15) is 12.0 Å². The number of ether oxygens (including phenoxy) is 2. The molecule has 7 nitrogen and oxygen atoms in total. The third-order valence-corrected chi connectivity index (χ3v) is 4.18. The molecule has 1 aromatic carbocycles. The molecule has 2 aromatic rings. The van der Waals surface area contributed by atoms with Crippen LogP contribution < -0.4 is 9.64 Å². The molecule has 1 aliphatic heterocycles. The lowest BCUT2D eigenvalue weighted by molar-refractivity contribution is -0.135. The Morgan fingerprint density at radius 3 is 2.85 bits per heavy atom. The van der Waals surface area contributed by atoms with Crippen LogP contribution in [0.15, 0.2) is 42.7 Å². The minimum atomic E-state index is -0.0696. The molecule has 2 heterocycles. The van der Waals surface area contributed by atoms with Gasteiger partial charge in [0.15, 0.2) is 5.82 Å². The Morgan fingerprint density at radius 2 is 2.08 bits per heavy atom. The van der Waals surface area contributed by atoms with Crippen LogP contribution in [0.5, 0.6) is 5.88 Å². The number of hydrogen-bond donors (Lipinski definition) is 0. The normalized spacial score (nSPS) is 16.5. The van der Waals surface area contributed by atoms with Gasteiger partial charge in [-0.05, 0) is 5.56 Å². The molecule has 1 unspecified atom stereocenters. The number of carbonyl (C=O) groups excluding carboxylic acids is 1. The largest absolute Gasteiger partial charge is 0.471 e. The van der Waals surface area contributed by atoms with Crippen molar-refractivity contribution >= 4 is 11.7 Å². The SMILES string of the molecule is CN(C)c1cncc(OC2CCN(C(=O)COCc3ccccc3)C2)n1. The summed E-state index contributed by atoms with van der Waals surface area (Å²) in [6.07, 6.45) is 3.99. The lowest BCUT2D eigenvalue weighted by Crippen LogP contribution is -2.33. The van der Waals surface area contributed by atoms with Crippen LogP contribution in [-0.2, 0) is 16.1 Å². The lowest BCUT2D eigenvalue weighted by atomic mass is 10.2. The van der Waals surface area contributed by atoms with Crippen molar-refractivity contribution < 1.29 is 14.3 Å². The second kappa shape index (κ2) is 8.62. The van der Waals surface area contributed by atoms with E-state index in [2.05, 4.69) is 9.97 Å². The van der Waals surface area contributed by atoms with Crippen molar-refractivity contribution in [3.05, 3.63) is 48.3 Å². The van der Waals surface area contributed by atoms with Crippen LogP contribution in [0, 0.1) is 0 Å². The fourth-order valence-electron chi connectivity index (χ4n) is 2.75. The van der Waals surface area contributed by atoms with E-state index in [4.69, 9.17) is 9.47 Å². The maximum atomic E-state index is 12.3. The molecule has 7 heteroatoms. The van der Waals surface area contributed by atoms with Gasteiger partial charge in [0.2, 0.25) is 11.8 Å². The summed E-state index contributed by atoms with van der Waals surface area (Å²) in [5, 5.41) is 0. The van der Waals surface area contributed by atoms with E-state index < -0.39 is 0 Å². The maximum absolute atomic E-state index is 12.3. The third kappa shape index (κ3) is 4.92. The van der Waals surface area contributed by atoms with Crippen molar-refractivity contribution in [2.45, 2.75) is 19.1 Å². The fraction of sp³-hybridized carbons (Fsp3) is 0.421. The first-order valence-electron chi connectivity index (χ1n) is 8.67. The molecule has 0 aliphatic carbocycles. The van der Waals surface area contributed by atoms with E-state index in [1.54, 1.807) is 17.3 Å². The van der Waals surface area contributed by atoms with Gasteiger partial charge in [-0.25, -0.2) is 0 Å². The Hall–Kier alpha value is -2.67. The Kier molecular flexibility index (Phi) is 6.01. The minimum absolute atomic E-state index is 0.0137. The zero-order chi connectivity index (χ0) is 18.4. The summed E-state index contributed by atoms with van der Waals surface area (Å²) >= 11 is 0. The number of hydrogen-bond acceptors (Lipinski definition) is 6. The highest BCUT2D eigenvalue weighted by Crippen LogP contribution is 2.18. The number of carbonyl (C=O) groups is 1. The first-order chi connectivity index (χ1) is 12.6. The predicted octanol–water partition coefficient (Wildman–Crippen LogP) is 1.74. The molecule has 26 heavy (non-hydrogen) atoms. The number of aromatic nitrogens is 2. The molecule has 0 radical (unpaired) electrons. The smallest absolute Gasteiger partial charge is 0.248 e. The number of likely N-dealkylation sites (tertiary alicyclic amines) is 1. The third-order valence-electron chi connectivity index (χ3n) is 4.18. The molecule has 1 atom stereocenters. The number of rotatable bonds is 7. The molecule has 3 rings (SSSR count). The van der Waals surface area contributed by atoms with E-state index >= 15 is 0 Å². The molecule has 138 valence electrons. The Bertz CT molecular complexity index is 724. The Labute approximate surface area is 153 Å². The van der Waals surface area contributed by atoms with Crippen molar-refractivity contribution in [3.63, 3.8) is 0 Å². The quantitative estimate of drug-likeness (QED) is 0.753. The highest BCUT2D eigenvalue weighted by atomic mass is 16.5. The van der Waals surface area contributed by atoms with Crippen LogP contribution in [-0.4, -0.2) is 60.7 Å². The van der Waals surface area contributed by atoms with Gasteiger partial charge in [0, 0.05) is 27.1 Å². The molecular formula is C19H24N4O3. The first kappa shape index (κ1) is 18.1. The van der Waals surface area contributed by atoms with Crippen molar-refractivity contribution in [1.29, 1.82) is 0 Å². The average Bonchev–Trinajstić information content (AvgIpc) is 3.11. The first-order valence-corrected chi connectivity index (χ1v) is 8.67. The molecule has 1 saturated heterocycles. The topological polar surface area (TPSA) is 67.8 Å². The molecule has 0 N–H and O–H groups in total. The van der Waals surface area contributed by atoms with Gasteiger partial charge >= 0.3 is 0 Å². The average molecular weight is 356 g/mol. The molecule has 1 amide bonds. The number of anilines is 1. The molecule has 1 aromatic heterocycles. The van der Waals surface area contributed by atoms with E-state index in [-0.39, 0.29) is 18.6 Å². The summed E-state index contributed by atoms with van der Waals surface area (Å²) in [4.78, 5) is 24.5. The second-order valence-corrected chi connectivity index (χ2v) is 6.46. The van der Waals surface area contributed by atoms with Crippen LogP contribution in [0.4, 0.5) is 5.82 Å². The van der Waals surface area contributed by atoms with Crippen LogP contribution >= 0.6 is 0 Å². The van der Waals surface area contributed by atoms with Gasteiger partial charge in [0.1, 0.15) is 12.7 Å². The Morgan fingerprint density at radius 1 is 1.27 bits per heavy atom. The van der Waals surface area contributed by atoms with Crippen molar-refractivity contribution in [3.8, 4) is 5.88 Å². The van der Waals surface area contributed by atoms with Gasteiger partial charge in [-0.2, -0.15) is 4.98 Å². The van der Waals surface area contributed by atoms with Crippen molar-refractivity contribution in [1.82, 2.24) is 14.9 Å². The number of nitrogens with zero attached hydrogens (tertiary/aromatic N) is 4. The van der Waals surface area contributed by atoms with Gasteiger partial charge in [-0.15, -0.1) is 0 Å². The Balaban J connectivity index is 1.44. The van der Waals surface area contributed by atoms with E-state index in [1.807, 2.05) is 49.3 Å². The minimum Gasteiger partial charge on any atom is -0.471 e. The van der Waals surface area contributed by atoms with Crippen LogP contribution in [0.25, 0.3) is 0 Å². The number of amides is 1. The van der Waals surface area contributed by atoms with E-state index in [9.17, 15) is 4.79 Å². The molecule has 1 aliphatic rings. The summed E-state index contributed by atoms with van der Waals surface area (Å²) in [6.45, 7) is 1.73. The standard InChI is InChI=1S/C19H24N4O3/c1-22(2)17-10-20-11-18(21-17)26-16-8-9-23(12-16)19(24)14-25-13-15-6-4-3-5-7-15/h3-7,10-11,16H,8-9,12-14H2,1-2H3. The van der Waals surface area contributed by atoms with Gasteiger partial charge < -0.3 is 19.3 Å². The van der Waals surface area contributed by atoms with Gasteiger partial charge in [0.25, 0.3) is 0 Å². The lowest BCUT2D eigenvalue weighted by Gasteiger charge is -2.17. The van der Waals surface area contributed by atoms with Gasteiger partial charge in [-0.1, -0.05) is 30.3 Å².